The van der Waals surface area contributed by atoms with Gasteiger partial charge in [0.05, 0.1) is 22.5 Å². The van der Waals surface area contributed by atoms with E-state index in [0.29, 0.717) is 17.9 Å². The number of likely N-dealkylation sites (tertiary alicyclic amines) is 1. The second kappa shape index (κ2) is 10.5. The molecule has 0 spiro atoms. The van der Waals surface area contributed by atoms with Gasteiger partial charge in [0.2, 0.25) is 5.91 Å². The fourth-order valence-corrected chi connectivity index (χ4v) is 6.78. The molecule has 3 aromatic rings. The summed E-state index contributed by atoms with van der Waals surface area (Å²) in [7, 11) is 1.83. The standard InChI is InChI=1S/C31H42N6O2/c1-22(2)34-11-8-31(39-4,9-12-34)26-5-6-27(32-20-26)25-19-29-28(7-10-33-37(29)21-25)35-13-15-36(16-14-35)30(38)24-17-23(3)18-24/h5-7,10,19-24H,8-9,11-18H2,1-4H3/t23-,24-. The number of nitrogens with zero attached hydrogens (tertiary/aromatic N) is 6. The van der Waals surface area contributed by atoms with Gasteiger partial charge in [0.1, 0.15) is 0 Å². The Hall–Kier alpha value is -2.97. The number of carbonyl (C=O) groups is 1. The van der Waals surface area contributed by atoms with Gasteiger partial charge in [-0.1, -0.05) is 13.0 Å². The molecule has 2 saturated heterocycles. The maximum absolute atomic E-state index is 12.8. The van der Waals surface area contributed by atoms with Crippen LogP contribution in [0.15, 0.2) is 42.9 Å². The molecule has 3 aliphatic rings. The van der Waals surface area contributed by atoms with Crippen molar-refractivity contribution in [2.24, 2.45) is 11.8 Å². The fraction of sp³-hybridized carbons (Fsp3) is 0.581. The number of piperazine rings is 1. The molecule has 8 heteroatoms. The van der Waals surface area contributed by atoms with Crippen LogP contribution in [-0.2, 0) is 15.1 Å². The molecular formula is C31H42N6O2. The summed E-state index contributed by atoms with van der Waals surface area (Å²) in [6.07, 6.45) is 9.98. The lowest BCUT2D eigenvalue weighted by Crippen LogP contribution is -2.52. The Morgan fingerprint density at radius 2 is 1.79 bits per heavy atom. The molecule has 0 atom stereocenters. The Labute approximate surface area is 231 Å². The van der Waals surface area contributed by atoms with Gasteiger partial charge in [0.15, 0.2) is 0 Å². The average Bonchev–Trinajstić information content (AvgIpc) is 3.40. The van der Waals surface area contributed by atoms with Crippen molar-refractivity contribution >= 4 is 17.1 Å². The first-order valence-corrected chi connectivity index (χ1v) is 14.6. The number of hydrogen-bond donors (Lipinski definition) is 0. The maximum atomic E-state index is 12.8. The van der Waals surface area contributed by atoms with Gasteiger partial charge in [0.25, 0.3) is 0 Å². The number of carbonyl (C=O) groups excluding carboxylic acids is 1. The van der Waals surface area contributed by atoms with Crippen LogP contribution in [0.2, 0.25) is 0 Å². The smallest absolute Gasteiger partial charge is 0.225 e. The number of ether oxygens (including phenoxy) is 1. The molecule has 0 N–H and O–H groups in total. The van der Waals surface area contributed by atoms with Crippen molar-refractivity contribution in [3.05, 3.63) is 48.4 Å². The van der Waals surface area contributed by atoms with E-state index in [1.54, 1.807) is 0 Å². The Balaban J connectivity index is 1.17. The summed E-state index contributed by atoms with van der Waals surface area (Å²) in [5, 5.41) is 4.58. The number of amides is 1. The van der Waals surface area contributed by atoms with Gasteiger partial charge in [0, 0.05) is 88.1 Å². The van der Waals surface area contributed by atoms with Crippen molar-refractivity contribution in [2.75, 3.05) is 51.3 Å². The molecule has 5 heterocycles. The maximum Gasteiger partial charge on any atom is 0.225 e. The summed E-state index contributed by atoms with van der Waals surface area (Å²) in [6.45, 7) is 12.1. The minimum atomic E-state index is -0.266. The molecule has 8 nitrogen and oxygen atoms in total. The summed E-state index contributed by atoms with van der Waals surface area (Å²) >= 11 is 0. The van der Waals surface area contributed by atoms with E-state index in [2.05, 4.69) is 71.0 Å². The van der Waals surface area contributed by atoms with E-state index < -0.39 is 0 Å². The number of pyridine rings is 1. The van der Waals surface area contributed by atoms with Crippen LogP contribution in [0.4, 0.5) is 5.69 Å². The zero-order valence-corrected chi connectivity index (χ0v) is 23.8. The lowest BCUT2D eigenvalue weighted by molar-refractivity contribution is -0.140. The topological polar surface area (TPSA) is 66.2 Å². The van der Waals surface area contributed by atoms with Gasteiger partial charge in [-0.15, -0.1) is 0 Å². The Morgan fingerprint density at radius 3 is 2.41 bits per heavy atom. The van der Waals surface area contributed by atoms with E-state index in [1.807, 2.05) is 24.0 Å². The van der Waals surface area contributed by atoms with Crippen LogP contribution in [0.5, 0.6) is 0 Å². The van der Waals surface area contributed by atoms with E-state index in [9.17, 15) is 4.79 Å². The van der Waals surface area contributed by atoms with Crippen LogP contribution >= 0.6 is 0 Å². The van der Waals surface area contributed by atoms with Crippen LogP contribution in [0, 0.1) is 11.8 Å². The highest BCUT2D eigenvalue weighted by molar-refractivity contribution is 5.81. The molecule has 0 bridgehead atoms. The quantitative estimate of drug-likeness (QED) is 0.470. The van der Waals surface area contributed by atoms with E-state index in [0.717, 1.165) is 93.0 Å². The number of hydrogen-bond acceptors (Lipinski definition) is 6. The second-order valence-corrected chi connectivity index (χ2v) is 12.1. The van der Waals surface area contributed by atoms with E-state index in [-0.39, 0.29) is 11.5 Å². The van der Waals surface area contributed by atoms with Crippen LogP contribution in [0.3, 0.4) is 0 Å². The minimum Gasteiger partial charge on any atom is -0.373 e. The second-order valence-electron chi connectivity index (χ2n) is 12.1. The highest BCUT2D eigenvalue weighted by Crippen LogP contribution is 2.38. The van der Waals surface area contributed by atoms with Gasteiger partial charge >= 0.3 is 0 Å². The number of aromatic nitrogens is 3. The lowest BCUT2D eigenvalue weighted by Gasteiger charge is -2.42. The van der Waals surface area contributed by atoms with Crippen LogP contribution in [-0.4, -0.2) is 82.7 Å². The van der Waals surface area contributed by atoms with Gasteiger partial charge in [-0.25, -0.2) is 4.52 Å². The zero-order valence-electron chi connectivity index (χ0n) is 23.8. The van der Waals surface area contributed by atoms with E-state index >= 15 is 0 Å². The largest absolute Gasteiger partial charge is 0.373 e. The Bertz CT molecular complexity index is 1300. The van der Waals surface area contributed by atoms with Crippen molar-refractivity contribution in [3.8, 4) is 11.3 Å². The molecule has 208 valence electrons. The van der Waals surface area contributed by atoms with Crippen molar-refractivity contribution in [2.45, 2.75) is 58.1 Å². The summed E-state index contributed by atoms with van der Waals surface area (Å²) < 4.78 is 8.06. The molecule has 2 aliphatic heterocycles. The molecular weight excluding hydrogens is 488 g/mol. The first-order chi connectivity index (χ1) is 18.9. The predicted octanol–water partition coefficient (Wildman–Crippen LogP) is 4.44. The highest BCUT2D eigenvalue weighted by atomic mass is 16.5. The summed E-state index contributed by atoms with van der Waals surface area (Å²) in [5.74, 6) is 1.30. The third-order valence-electron chi connectivity index (χ3n) is 9.45. The molecule has 6 rings (SSSR count). The molecule has 39 heavy (non-hydrogen) atoms. The Kier molecular flexibility index (Phi) is 7.10. The fourth-order valence-electron chi connectivity index (χ4n) is 6.78. The highest BCUT2D eigenvalue weighted by Gasteiger charge is 2.37. The van der Waals surface area contributed by atoms with Gasteiger partial charge in [-0.05, 0) is 63.6 Å². The van der Waals surface area contributed by atoms with Crippen molar-refractivity contribution in [3.63, 3.8) is 0 Å². The molecule has 0 radical (unpaired) electrons. The van der Waals surface area contributed by atoms with Crippen molar-refractivity contribution < 1.29 is 9.53 Å². The summed E-state index contributed by atoms with van der Waals surface area (Å²) in [5.41, 5.74) is 5.11. The van der Waals surface area contributed by atoms with Crippen LogP contribution < -0.4 is 4.90 Å². The third-order valence-corrected chi connectivity index (χ3v) is 9.45. The number of piperidine rings is 1. The zero-order chi connectivity index (χ0) is 27.1. The molecule has 1 amide bonds. The Morgan fingerprint density at radius 1 is 1.05 bits per heavy atom. The van der Waals surface area contributed by atoms with Gasteiger partial charge in [-0.3, -0.25) is 9.78 Å². The lowest BCUT2D eigenvalue weighted by atomic mass is 9.75. The SMILES string of the molecule is COC1(c2ccc(-c3cc4c(N5CCN(C(=O)[C@H]6C[C@H](C)C6)CC5)ccnn4c3)nc2)CCN(C(C)C)CC1. The molecule has 1 aliphatic carbocycles. The number of rotatable bonds is 6. The molecule has 0 unspecified atom stereocenters. The first kappa shape index (κ1) is 26.3. The predicted molar refractivity (Wildman–Crippen MR) is 154 cm³/mol. The summed E-state index contributed by atoms with van der Waals surface area (Å²) in [6, 6.07) is 9.14. The monoisotopic (exact) mass is 530 g/mol. The van der Waals surface area contributed by atoms with Crippen molar-refractivity contribution in [1.29, 1.82) is 0 Å². The molecule has 1 saturated carbocycles. The number of fused-ring (bicyclic) bond motifs is 1. The van der Waals surface area contributed by atoms with Crippen molar-refractivity contribution in [1.82, 2.24) is 24.4 Å². The molecule has 3 fully saturated rings. The number of anilines is 1. The normalized spacial score (nSPS) is 23.8. The minimum absolute atomic E-state index is 0.248. The van der Waals surface area contributed by atoms with E-state index in [1.165, 1.54) is 0 Å². The van der Waals surface area contributed by atoms with Crippen LogP contribution in [0.25, 0.3) is 16.8 Å². The third kappa shape index (κ3) is 4.93. The van der Waals surface area contributed by atoms with E-state index in [4.69, 9.17) is 9.72 Å². The first-order valence-electron chi connectivity index (χ1n) is 14.6. The number of methoxy groups -OCH3 is 1. The molecule has 3 aromatic heterocycles. The van der Waals surface area contributed by atoms with Crippen LogP contribution in [0.1, 0.15) is 52.0 Å². The van der Waals surface area contributed by atoms with Gasteiger partial charge in [-0.2, -0.15) is 5.10 Å². The van der Waals surface area contributed by atoms with Gasteiger partial charge < -0.3 is 19.4 Å². The molecule has 0 aromatic carbocycles. The average molecular weight is 531 g/mol. The summed E-state index contributed by atoms with van der Waals surface area (Å²) in [4.78, 5) is 24.7.